The Morgan fingerprint density at radius 3 is 2.50 bits per heavy atom. The van der Waals surface area contributed by atoms with E-state index in [9.17, 15) is 18.0 Å². The van der Waals surface area contributed by atoms with Gasteiger partial charge in [0.25, 0.3) is 0 Å². The topological polar surface area (TPSA) is 68.0 Å². The van der Waals surface area contributed by atoms with Gasteiger partial charge in [0, 0.05) is 5.92 Å². The molecule has 106 valence electrons. The lowest BCUT2D eigenvalue weighted by atomic mass is 10.2. The predicted molar refractivity (Wildman–Crippen MR) is 62.7 cm³/mol. The molecule has 1 N–H and O–H groups in total. The molecule has 0 aliphatic carbocycles. The lowest BCUT2D eigenvalue weighted by molar-refractivity contribution is 0.0987. The normalized spacial score (nSPS) is 10.9. The smallest absolute Gasteiger partial charge is 0.313 e. The molecule has 2 aromatic rings. The van der Waals surface area contributed by atoms with Crippen molar-refractivity contribution in [1.29, 1.82) is 0 Å². The molecule has 5 nitrogen and oxygen atoms in total. The second-order valence-electron chi connectivity index (χ2n) is 4.28. The van der Waals surface area contributed by atoms with Crippen LogP contribution in [-0.4, -0.2) is 16.1 Å². The standard InChI is InChI=1S/C12H10F3N3O2/c1-5(2)11-17-18-12(20-11)10(19)16-7-4-3-6(13)8(14)9(7)15/h3-5H,1-2H3,(H,16,19). The van der Waals surface area contributed by atoms with E-state index in [0.29, 0.717) is 6.07 Å². The Balaban J connectivity index is 2.21. The third-order valence-corrected chi connectivity index (χ3v) is 2.41. The van der Waals surface area contributed by atoms with Crippen LogP contribution in [0.25, 0.3) is 0 Å². The van der Waals surface area contributed by atoms with Crippen molar-refractivity contribution in [2.75, 3.05) is 5.32 Å². The van der Waals surface area contributed by atoms with Crippen LogP contribution in [0.4, 0.5) is 18.9 Å². The summed E-state index contributed by atoms with van der Waals surface area (Å²) >= 11 is 0. The van der Waals surface area contributed by atoms with E-state index >= 15 is 0 Å². The number of halogens is 3. The van der Waals surface area contributed by atoms with Gasteiger partial charge in [0.05, 0.1) is 5.69 Å². The zero-order chi connectivity index (χ0) is 14.9. The first-order chi connectivity index (χ1) is 9.40. The Hall–Kier alpha value is -2.38. The molecule has 1 aromatic carbocycles. The molecule has 0 bridgehead atoms. The van der Waals surface area contributed by atoms with Gasteiger partial charge in [-0.1, -0.05) is 13.8 Å². The SMILES string of the molecule is CC(C)c1nnc(C(=O)Nc2ccc(F)c(F)c2F)o1. The molecule has 1 amide bonds. The highest BCUT2D eigenvalue weighted by Crippen LogP contribution is 2.20. The van der Waals surface area contributed by atoms with E-state index in [0.717, 1.165) is 6.07 Å². The Labute approximate surface area is 111 Å². The van der Waals surface area contributed by atoms with E-state index in [1.807, 2.05) is 5.32 Å². The van der Waals surface area contributed by atoms with Crippen LogP contribution in [0.1, 0.15) is 36.3 Å². The molecule has 0 unspecified atom stereocenters. The largest absolute Gasteiger partial charge is 0.417 e. The maximum Gasteiger partial charge on any atom is 0.313 e. The summed E-state index contributed by atoms with van der Waals surface area (Å²) in [5.74, 6) is -5.66. The van der Waals surface area contributed by atoms with Crippen LogP contribution in [-0.2, 0) is 0 Å². The molecule has 0 fully saturated rings. The average Bonchev–Trinajstić information content (AvgIpc) is 2.89. The molecule has 0 saturated carbocycles. The summed E-state index contributed by atoms with van der Waals surface area (Å²) in [5, 5.41) is 9.14. The summed E-state index contributed by atoms with van der Waals surface area (Å²) in [6, 6.07) is 1.59. The van der Waals surface area contributed by atoms with Gasteiger partial charge in [0.15, 0.2) is 17.5 Å². The van der Waals surface area contributed by atoms with Crippen molar-refractivity contribution in [2.45, 2.75) is 19.8 Å². The van der Waals surface area contributed by atoms with Crippen molar-refractivity contribution >= 4 is 11.6 Å². The number of hydrogen-bond acceptors (Lipinski definition) is 4. The van der Waals surface area contributed by atoms with Gasteiger partial charge in [-0.2, -0.15) is 0 Å². The minimum Gasteiger partial charge on any atom is -0.417 e. The summed E-state index contributed by atoms with van der Waals surface area (Å²) in [6.45, 7) is 3.56. The number of amides is 1. The van der Waals surface area contributed by atoms with E-state index in [2.05, 4.69) is 10.2 Å². The van der Waals surface area contributed by atoms with E-state index in [-0.39, 0.29) is 11.8 Å². The summed E-state index contributed by atoms with van der Waals surface area (Å²) < 4.78 is 44.2. The maximum atomic E-state index is 13.4. The number of nitrogens with zero attached hydrogens (tertiary/aromatic N) is 2. The van der Waals surface area contributed by atoms with Crippen molar-refractivity contribution in [3.05, 3.63) is 41.4 Å². The summed E-state index contributed by atoms with van der Waals surface area (Å²) in [5.41, 5.74) is -0.516. The number of carbonyl (C=O) groups excluding carboxylic acids is 1. The highest BCUT2D eigenvalue weighted by atomic mass is 19.2. The first-order valence-electron chi connectivity index (χ1n) is 5.68. The predicted octanol–water partition coefficient (Wildman–Crippen LogP) is 2.86. The number of nitrogens with one attached hydrogen (secondary N) is 1. The first-order valence-corrected chi connectivity index (χ1v) is 5.68. The first kappa shape index (κ1) is 14.0. The zero-order valence-corrected chi connectivity index (χ0v) is 10.6. The van der Waals surface area contributed by atoms with E-state index in [1.54, 1.807) is 13.8 Å². The molecular weight excluding hydrogens is 275 g/mol. The van der Waals surface area contributed by atoms with E-state index in [1.165, 1.54) is 0 Å². The number of hydrogen-bond donors (Lipinski definition) is 1. The summed E-state index contributed by atoms with van der Waals surface area (Å²) in [6.07, 6.45) is 0. The molecular formula is C12H10F3N3O2. The fraction of sp³-hybridized carbons (Fsp3) is 0.250. The van der Waals surface area contributed by atoms with Crippen LogP contribution >= 0.6 is 0 Å². The molecule has 20 heavy (non-hydrogen) atoms. The van der Waals surface area contributed by atoms with Crippen molar-refractivity contribution < 1.29 is 22.4 Å². The second-order valence-corrected chi connectivity index (χ2v) is 4.28. The van der Waals surface area contributed by atoms with Crippen molar-refractivity contribution in [3.8, 4) is 0 Å². The lowest BCUT2D eigenvalue weighted by Crippen LogP contribution is -2.14. The number of anilines is 1. The van der Waals surface area contributed by atoms with Crippen LogP contribution in [0.15, 0.2) is 16.5 Å². The molecule has 0 aliphatic rings. The van der Waals surface area contributed by atoms with Crippen molar-refractivity contribution in [3.63, 3.8) is 0 Å². The van der Waals surface area contributed by atoms with E-state index < -0.39 is 34.9 Å². The average molecular weight is 285 g/mol. The molecule has 1 aromatic heterocycles. The minimum absolute atomic E-state index is 0.0796. The number of carbonyl (C=O) groups is 1. The molecule has 8 heteroatoms. The van der Waals surface area contributed by atoms with Crippen LogP contribution in [0.5, 0.6) is 0 Å². The zero-order valence-electron chi connectivity index (χ0n) is 10.6. The number of rotatable bonds is 3. The number of benzene rings is 1. The van der Waals surface area contributed by atoms with Crippen molar-refractivity contribution in [1.82, 2.24) is 10.2 Å². The van der Waals surface area contributed by atoms with Crippen molar-refractivity contribution in [2.24, 2.45) is 0 Å². The lowest BCUT2D eigenvalue weighted by Gasteiger charge is -2.04. The van der Waals surface area contributed by atoms with Gasteiger partial charge in [-0.25, -0.2) is 13.2 Å². The third-order valence-electron chi connectivity index (χ3n) is 2.41. The maximum absolute atomic E-state index is 13.4. The molecule has 0 atom stereocenters. The van der Waals surface area contributed by atoms with E-state index in [4.69, 9.17) is 4.42 Å². The van der Waals surface area contributed by atoms with Gasteiger partial charge in [-0.3, -0.25) is 4.79 Å². The summed E-state index contributed by atoms with van der Waals surface area (Å²) in [4.78, 5) is 11.7. The molecule has 0 aliphatic heterocycles. The van der Waals surface area contributed by atoms with Gasteiger partial charge in [0.2, 0.25) is 5.89 Å². The van der Waals surface area contributed by atoms with Crippen LogP contribution in [0, 0.1) is 17.5 Å². The molecule has 0 radical (unpaired) electrons. The minimum atomic E-state index is -1.67. The molecule has 0 spiro atoms. The Kier molecular flexibility index (Phi) is 3.73. The molecule has 0 saturated heterocycles. The van der Waals surface area contributed by atoms with Gasteiger partial charge >= 0.3 is 11.8 Å². The third kappa shape index (κ3) is 2.63. The second kappa shape index (κ2) is 5.32. The molecule has 1 heterocycles. The molecule has 2 rings (SSSR count). The van der Waals surface area contributed by atoms with Crippen LogP contribution in [0.3, 0.4) is 0 Å². The fourth-order valence-electron chi connectivity index (χ4n) is 1.36. The van der Waals surface area contributed by atoms with Gasteiger partial charge < -0.3 is 9.73 Å². The van der Waals surface area contributed by atoms with Crippen LogP contribution < -0.4 is 5.32 Å². The fourth-order valence-corrected chi connectivity index (χ4v) is 1.36. The van der Waals surface area contributed by atoms with Gasteiger partial charge in [-0.05, 0) is 12.1 Å². The van der Waals surface area contributed by atoms with Crippen LogP contribution in [0.2, 0.25) is 0 Å². The van der Waals surface area contributed by atoms with Gasteiger partial charge in [0.1, 0.15) is 0 Å². The highest BCUT2D eigenvalue weighted by Gasteiger charge is 2.20. The Morgan fingerprint density at radius 2 is 1.90 bits per heavy atom. The number of aromatic nitrogens is 2. The van der Waals surface area contributed by atoms with Gasteiger partial charge in [-0.15, -0.1) is 10.2 Å². The Morgan fingerprint density at radius 1 is 1.20 bits per heavy atom. The quantitative estimate of drug-likeness (QED) is 0.880. The highest BCUT2D eigenvalue weighted by molar-refractivity contribution is 6.00. The summed E-state index contributed by atoms with van der Waals surface area (Å²) in [7, 11) is 0. The Bertz CT molecular complexity index is 655. The monoisotopic (exact) mass is 285 g/mol.